The Morgan fingerprint density at radius 1 is 1.15 bits per heavy atom. The first-order valence-corrected chi connectivity index (χ1v) is 7.30. The number of fused-ring (bicyclic) bond motifs is 1. The van der Waals surface area contributed by atoms with E-state index >= 15 is 0 Å². The van der Waals surface area contributed by atoms with Crippen molar-refractivity contribution in [1.29, 1.82) is 0 Å². The first-order valence-electron chi connectivity index (χ1n) is 6.54. The van der Waals surface area contributed by atoms with Crippen LogP contribution in [-0.4, -0.2) is 5.11 Å². The average Bonchev–Trinajstić information content (AvgIpc) is 2.76. The van der Waals surface area contributed by atoms with Gasteiger partial charge in [-0.15, -0.1) is 0 Å². The molecule has 0 bridgehead atoms. The van der Waals surface area contributed by atoms with Gasteiger partial charge in [0.25, 0.3) is 0 Å². The Morgan fingerprint density at radius 2 is 1.90 bits per heavy atom. The van der Waals surface area contributed by atoms with Crippen molar-refractivity contribution in [2.75, 3.05) is 0 Å². The van der Waals surface area contributed by atoms with E-state index in [1.54, 1.807) is 12.1 Å². The van der Waals surface area contributed by atoms with Gasteiger partial charge < -0.3 is 10.8 Å². The molecule has 2 aromatic carbocycles. The summed E-state index contributed by atoms with van der Waals surface area (Å²) in [6.45, 7) is 0. The highest BCUT2D eigenvalue weighted by Crippen LogP contribution is 2.43. The molecule has 2 aromatic rings. The molecule has 1 aliphatic carbocycles. The fourth-order valence-corrected chi connectivity index (χ4v) is 3.47. The van der Waals surface area contributed by atoms with Crippen LogP contribution in [0.25, 0.3) is 0 Å². The number of nitrogens with two attached hydrogens (primary N) is 1. The van der Waals surface area contributed by atoms with Crippen LogP contribution in [-0.2, 0) is 6.42 Å². The van der Waals surface area contributed by atoms with Gasteiger partial charge in [0.2, 0.25) is 0 Å². The molecule has 1 aliphatic rings. The summed E-state index contributed by atoms with van der Waals surface area (Å²) in [5.41, 5.74) is 9.29. The maximum Gasteiger partial charge on any atom is 0.0842 e. The summed E-state index contributed by atoms with van der Waals surface area (Å²) in [4.78, 5) is 0. The Kier molecular flexibility index (Phi) is 3.74. The van der Waals surface area contributed by atoms with Crippen molar-refractivity contribution in [2.24, 2.45) is 11.7 Å². The summed E-state index contributed by atoms with van der Waals surface area (Å²) >= 11 is 12.1. The number of aliphatic hydroxyl groups excluding tert-OH is 1. The first kappa shape index (κ1) is 13.9. The lowest BCUT2D eigenvalue weighted by atomic mass is 9.89. The highest BCUT2D eigenvalue weighted by atomic mass is 35.5. The lowest BCUT2D eigenvalue weighted by molar-refractivity contribution is 0.108. The molecule has 0 aromatic heterocycles. The third-order valence-corrected chi connectivity index (χ3v) is 4.58. The van der Waals surface area contributed by atoms with Gasteiger partial charge in [-0.25, -0.2) is 0 Å². The average molecular weight is 308 g/mol. The molecule has 3 rings (SSSR count). The second kappa shape index (κ2) is 5.38. The van der Waals surface area contributed by atoms with Crippen molar-refractivity contribution >= 4 is 23.2 Å². The molecule has 0 radical (unpaired) electrons. The SMILES string of the molecule is N[C@H](c1ccc(Cl)cc1Cl)[C@@H]1Cc2ccccc2[C@@H]1O. The summed E-state index contributed by atoms with van der Waals surface area (Å²) in [5, 5.41) is 11.6. The zero-order chi connectivity index (χ0) is 14.3. The monoisotopic (exact) mass is 307 g/mol. The lowest BCUT2D eigenvalue weighted by Gasteiger charge is -2.24. The molecule has 0 fully saturated rings. The van der Waals surface area contributed by atoms with Gasteiger partial charge in [-0.1, -0.05) is 53.5 Å². The van der Waals surface area contributed by atoms with Crippen LogP contribution >= 0.6 is 23.2 Å². The molecule has 2 nitrogen and oxygen atoms in total. The van der Waals surface area contributed by atoms with Gasteiger partial charge in [-0.05, 0) is 35.2 Å². The predicted octanol–water partition coefficient (Wildman–Crippen LogP) is 3.90. The molecule has 0 heterocycles. The van der Waals surface area contributed by atoms with Gasteiger partial charge in [0.05, 0.1) is 6.10 Å². The predicted molar refractivity (Wildman–Crippen MR) is 82.0 cm³/mol. The quantitative estimate of drug-likeness (QED) is 0.884. The summed E-state index contributed by atoms with van der Waals surface area (Å²) in [6.07, 6.45) is 0.213. The van der Waals surface area contributed by atoms with Gasteiger partial charge in [0, 0.05) is 22.0 Å². The summed E-state index contributed by atoms with van der Waals surface area (Å²) in [5.74, 6) is -0.0638. The molecule has 3 N–H and O–H groups in total. The molecule has 104 valence electrons. The summed E-state index contributed by atoms with van der Waals surface area (Å²) < 4.78 is 0. The van der Waals surface area contributed by atoms with E-state index in [1.165, 1.54) is 0 Å². The fourth-order valence-electron chi connectivity index (χ4n) is 2.93. The Balaban J connectivity index is 1.91. The maximum absolute atomic E-state index is 10.5. The van der Waals surface area contributed by atoms with Crippen LogP contribution in [0.15, 0.2) is 42.5 Å². The second-order valence-corrected chi connectivity index (χ2v) is 6.05. The van der Waals surface area contributed by atoms with E-state index in [9.17, 15) is 5.11 Å². The number of benzene rings is 2. The molecule has 4 heteroatoms. The second-order valence-electron chi connectivity index (χ2n) is 5.20. The van der Waals surface area contributed by atoms with Crippen molar-refractivity contribution < 1.29 is 5.11 Å². The highest BCUT2D eigenvalue weighted by molar-refractivity contribution is 6.35. The van der Waals surface area contributed by atoms with Crippen molar-refractivity contribution in [2.45, 2.75) is 18.6 Å². The molecule has 0 amide bonds. The van der Waals surface area contributed by atoms with Crippen molar-refractivity contribution in [1.82, 2.24) is 0 Å². The minimum absolute atomic E-state index is 0.0638. The number of aliphatic hydroxyl groups is 1. The van der Waals surface area contributed by atoms with E-state index in [-0.39, 0.29) is 12.0 Å². The standard InChI is InChI=1S/C16H15Cl2NO/c17-10-5-6-12(14(18)8-10)15(19)13-7-9-3-1-2-4-11(9)16(13)20/h1-6,8,13,15-16,20H,7,19H2/t13-,15+,16-/m0/s1. The molecule has 0 saturated heterocycles. The van der Waals surface area contributed by atoms with Crippen LogP contribution in [0.4, 0.5) is 0 Å². The topological polar surface area (TPSA) is 46.2 Å². The molecule has 0 saturated carbocycles. The number of hydrogen-bond donors (Lipinski definition) is 2. The minimum Gasteiger partial charge on any atom is -0.388 e. The minimum atomic E-state index is -0.548. The fraction of sp³-hybridized carbons (Fsp3) is 0.250. The Hall–Kier alpha value is -1.06. The molecular weight excluding hydrogens is 293 g/mol. The summed E-state index contributed by atoms with van der Waals surface area (Å²) in [6, 6.07) is 12.9. The Labute approximate surface area is 128 Å². The van der Waals surface area contributed by atoms with Crippen LogP contribution < -0.4 is 5.73 Å². The third-order valence-electron chi connectivity index (χ3n) is 4.02. The largest absolute Gasteiger partial charge is 0.388 e. The van der Waals surface area contributed by atoms with E-state index < -0.39 is 6.10 Å². The van der Waals surface area contributed by atoms with Crippen molar-refractivity contribution in [3.63, 3.8) is 0 Å². The molecule has 0 spiro atoms. The van der Waals surface area contributed by atoms with Gasteiger partial charge in [0.1, 0.15) is 0 Å². The lowest BCUT2D eigenvalue weighted by Crippen LogP contribution is -2.25. The zero-order valence-corrected chi connectivity index (χ0v) is 12.3. The van der Waals surface area contributed by atoms with Crippen LogP contribution in [0.2, 0.25) is 10.0 Å². The molecule has 0 aliphatic heterocycles. The van der Waals surface area contributed by atoms with E-state index in [0.717, 1.165) is 23.1 Å². The van der Waals surface area contributed by atoms with Crippen LogP contribution in [0.1, 0.15) is 28.8 Å². The number of hydrogen-bond acceptors (Lipinski definition) is 2. The van der Waals surface area contributed by atoms with E-state index in [4.69, 9.17) is 28.9 Å². The van der Waals surface area contributed by atoms with E-state index in [1.807, 2.05) is 30.3 Å². The van der Waals surface area contributed by atoms with Crippen molar-refractivity contribution in [3.8, 4) is 0 Å². The first-order chi connectivity index (χ1) is 9.58. The zero-order valence-electron chi connectivity index (χ0n) is 10.8. The Bertz CT molecular complexity index is 644. The molecular formula is C16H15Cl2NO. The summed E-state index contributed by atoms with van der Waals surface area (Å²) in [7, 11) is 0. The highest BCUT2D eigenvalue weighted by Gasteiger charge is 2.35. The maximum atomic E-state index is 10.5. The number of halogens is 2. The van der Waals surface area contributed by atoms with E-state index in [0.29, 0.717) is 10.0 Å². The Morgan fingerprint density at radius 3 is 2.60 bits per heavy atom. The molecule has 20 heavy (non-hydrogen) atoms. The molecule has 0 unspecified atom stereocenters. The van der Waals surface area contributed by atoms with Crippen LogP contribution in [0.5, 0.6) is 0 Å². The van der Waals surface area contributed by atoms with E-state index in [2.05, 4.69) is 0 Å². The number of rotatable bonds is 2. The van der Waals surface area contributed by atoms with Gasteiger partial charge in [0.15, 0.2) is 0 Å². The normalized spacial score (nSPS) is 22.6. The van der Waals surface area contributed by atoms with Gasteiger partial charge in [-0.3, -0.25) is 0 Å². The van der Waals surface area contributed by atoms with Gasteiger partial charge in [-0.2, -0.15) is 0 Å². The smallest absolute Gasteiger partial charge is 0.0842 e. The van der Waals surface area contributed by atoms with Crippen molar-refractivity contribution in [3.05, 3.63) is 69.2 Å². The van der Waals surface area contributed by atoms with Gasteiger partial charge >= 0.3 is 0 Å². The molecule has 3 atom stereocenters. The van der Waals surface area contributed by atoms with Crippen LogP contribution in [0, 0.1) is 5.92 Å². The van der Waals surface area contributed by atoms with Crippen LogP contribution in [0.3, 0.4) is 0 Å². The third kappa shape index (κ3) is 2.33.